The molecule has 2 aromatic heterocycles. The summed E-state index contributed by atoms with van der Waals surface area (Å²) in [6.45, 7) is 6.92. The summed E-state index contributed by atoms with van der Waals surface area (Å²) >= 11 is 1.14. The van der Waals surface area contributed by atoms with E-state index in [1.54, 1.807) is 0 Å². The van der Waals surface area contributed by atoms with Crippen molar-refractivity contribution in [2.45, 2.75) is 141 Å². The van der Waals surface area contributed by atoms with Crippen molar-refractivity contribution in [3.8, 4) is 0 Å². The molecule has 3 rings (SSSR count). The number of amides is 2. The van der Waals surface area contributed by atoms with E-state index in [0.29, 0.717) is 12.2 Å². The predicted molar refractivity (Wildman–Crippen MR) is 251 cm³/mol. The van der Waals surface area contributed by atoms with Crippen molar-refractivity contribution in [3.05, 3.63) is 37.0 Å². The first kappa shape index (κ1) is 59.3. The van der Waals surface area contributed by atoms with Crippen LogP contribution in [-0.2, 0) is 50.7 Å². The second-order valence-corrected chi connectivity index (χ2v) is 22.2. The molecule has 7 atom stereocenters. The highest BCUT2D eigenvalue weighted by Crippen LogP contribution is 2.61. The van der Waals surface area contributed by atoms with Gasteiger partial charge in [0.2, 0.25) is 11.8 Å². The van der Waals surface area contributed by atoms with Crippen LogP contribution in [0.1, 0.15) is 117 Å². The van der Waals surface area contributed by atoms with Crippen molar-refractivity contribution in [1.29, 1.82) is 0 Å². The van der Waals surface area contributed by atoms with Gasteiger partial charge in [-0.2, -0.15) is 4.31 Å². The number of aliphatic hydroxyl groups excluding tert-OH is 2. The molecule has 68 heavy (non-hydrogen) atoms. The monoisotopic (exact) mass is 1040 g/mol. The van der Waals surface area contributed by atoms with Crippen LogP contribution in [-0.4, -0.2) is 123 Å². The summed E-state index contributed by atoms with van der Waals surface area (Å²) in [5, 5.41) is 26.6. The van der Waals surface area contributed by atoms with Gasteiger partial charge in [-0.25, -0.2) is 28.6 Å². The van der Waals surface area contributed by atoms with Crippen LogP contribution in [0.25, 0.3) is 11.2 Å². The zero-order valence-corrected chi connectivity index (χ0v) is 42.1. The first-order valence-corrected chi connectivity index (χ1v) is 27.8. The molecular formula is C40H68N7O17P3S. The molecule has 0 bridgehead atoms. The quantitative estimate of drug-likeness (QED) is 0.0256. The van der Waals surface area contributed by atoms with Crippen molar-refractivity contribution < 1.29 is 80.5 Å². The third kappa shape index (κ3) is 21.6. The smallest absolute Gasteiger partial charge is 0.386 e. The number of fused-ring (bicyclic) bond motifs is 1. The van der Waals surface area contributed by atoms with Gasteiger partial charge in [-0.15, -0.1) is 0 Å². The normalized spacial score (nSPS) is 20.0. The fourth-order valence-corrected chi connectivity index (χ4v) is 10.3. The van der Waals surface area contributed by atoms with Gasteiger partial charge in [-0.3, -0.25) is 32.5 Å². The van der Waals surface area contributed by atoms with Crippen LogP contribution in [0.4, 0.5) is 5.82 Å². The number of phosphoric acid groups is 3. The molecule has 28 heteroatoms. The number of hydrogen-bond donors (Lipinski definition) is 9. The van der Waals surface area contributed by atoms with Gasteiger partial charge >= 0.3 is 23.5 Å². The van der Waals surface area contributed by atoms with E-state index in [0.717, 1.165) is 80.4 Å². The lowest BCUT2D eigenvalue weighted by molar-refractivity contribution is -0.137. The van der Waals surface area contributed by atoms with Gasteiger partial charge in [-0.1, -0.05) is 95.4 Å². The SMILES string of the molecule is C=C(C/C=C\CCCCCCCC(=O)SCCNC(=O)CCNC(=O)[C@H](O)C(C)(C)COP(=O)(O)OP(=O)(O)OC[C@H]1O[C@@H](n2cnc3c(N)ncnc32)[C@H](O)[C@@H]1OP(=O)(O)O)CCCCCC. The van der Waals surface area contributed by atoms with E-state index in [-0.39, 0.29) is 41.6 Å². The number of carbonyl (C=O) groups is 3. The van der Waals surface area contributed by atoms with Crippen molar-refractivity contribution in [2.24, 2.45) is 5.41 Å². The van der Waals surface area contributed by atoms with Gasteiger partial charge in [0, 0.05) is 37.1 Å². The number of aliphatic hydroxyl groups is 2. The number of anilines is 1. The fraction of sp³-hybridized carbons (Fsp3) is 0.700. The Labute approximate surface area is 400 Å². The minimum atomic E-state index is -5.58. The molecule has 1 aliphatic rings. The number of ether oxygens (including phenoxy) is 1. The number of rotatable bonds is 34. The Morgan fingerprint density at radius 1 is 0.941 bits per heavy atom. The Hall–Kier alpha value is -2.96. The molecule has 10 N–H and O–H groups in total. The molecule has 2 aromatic rings. The molecular weight excluding hydrogens is 975 g/mol. The largest absolute Gasteiger partial charge is 0.481 e. The molecule has 1 aliphatic heterocycles. The zero-order valence-electron chi connectivity index (χ0n) is 38.6. The first-order valence-electron chi connectivity index (χ1n) is 22.3. The molecule has 2 amide bonds. The second-order valence-electron chi connectivity index (χ2n) is 16.8. The molecule has 0 saturated carbocycles. The van der Waals surface area contributed by atoms with Crippen LogP contribution >= 0.6 is 35.2 Å². The Bertz CT molecular complexity index is 2130. The molecule has 386 valence electrons. The summed E-state index contributed by atoms with van der Waals surface area (Å²) in [5.41, 5.74) is 5.57. The maximum atomic E-state index is 12.7. The summed E-state index contributed by atoms with van der Waals surface area (Å²) in [7, 11) is -16.4. The number of thioether (sulfide) groups is 1. The summed E-state index contributed by atoms with van der Waals surface area (Å²) < 4.78 is 62.4. The number of allylic oxidation sites excluding steroid dienone is 3. The summed E-state index contributed by atoms with van der Waals surface area (Å²) in [6.07, 6.45) is 11.2. The van der Waals surface area contributed by atoms with Gasteiger partial charge in [-0.05, 0) is 38.5 Å². The van der Waals surface area contributed by atoms with Crippen LogP contribution in [0.15, 0.2) is 37.0 Å². The molecule has 1 fully saturated rings. The van der Waals surface area contributed by atoms with E-state index in [1.807, 2.05) is 0 Å². The zero-order chi connectivity index (χ0) is 50.5. The van der Waals surface area contributed by atoms with E-state index in [1.165, 1.54) is 45.1 Å². The van der Waals surface area contributed by atoms with Gasteiger partial charge in [0.1, 0.15) is 36.3 Å². The number of phosphoric ester groups is 3. The summed E-state index contributed by atoms with van der Waals surface area (Å²) in [6, 6.07) is 0. The maximum Gasteiger partial charge on any atom is 0.481 e. The highest BCUT2D eigenvalue weighted by atomic mass is 32.2. The van der Waals surface area contributed by atoms with Gasteiger partial charge in [0.05, 0.1) is 19.5 Å². The number of nitrogen functional groups attached to an aromatic ring is 1. The molecule has 24 nitrogen and oxygen atoms in total. The lowest BCUT2D eigenvalue weighted by Crippen LogP contribution is -2.46. The van der Waals surface area contributed by atoms with Crippen molar-refractivity contribution in [3.63, 3.8) is 0 Å². The highest BCUT2D eigenvalue weighted by Gasteiger charge is 2.50. The Morgan fingerprint density at radius 3 is 2.34 bits per heavy atom. The van der Waals surface area contributed by atoms with Crippen LogP contribution in [0.2, 0.25) is 0 Å². The van der Waals surface area contributed by atoms with Crippen molar-refractivity contribution in [1.82, 2.24) is 30.2 Å². The van der Waals surface area contributed by atoms with E-state index >= 15 is 0 Å². The summed E-state index contributed by atoms with van der Waals surface area (Å²) in [4.78, 5) is 88.4. The Kier molecular flexibility index (Phi) is 25.1. The molecule has 0 aromatic carbocycles. The van der Waals surface area contributed by atoms with E-state index in [4.69, 9.17) is 19.5 Å². The maximum absolute atomic E-state index is 12.7. The highest BCUT2D eigenvalue weighted by molar-refractivity contribution is 8.13. The number of aromatic nitrogens is 4. The minimum Gasteiger partial charge on any atom is -0.386 e. The minimum absolute atomic E-state index is 0.0319. The number of nitrogens with zero attached hydrogens (tertiary/aromatic N) is 4. The van der Waals surface area contributed by atoms with Gasteiger partial charge < -0.3 is 50.9 Å². The molecule has 2 unspecified atom stereocenters. The number of carbonyl (C=O) groups excluding carboxylic acids is 3. The average Bonchev–Trinajstić information content (AvgIpc) is 3.82. The average molecular weight is 1040 g/mol. The summed E-state index contributed by atoms with van der Waals surface area (Å²) in [5.74, 6) is -1.05. The standard InChI is InChI=1S/C40H68N7O17P3S/c1-5-6-7-14-17-28(2)18-15-12-10-8-9-11-13-16-19-31(49)68-23-22-42-30(48)20-21-43-38(52)35(51)40(3,4)25-61-67(58,59)64-66(56,57)60-24-29-34(63-65(53,54)55)33(50)39(62-29)47-27-46-32-36(41)44-26-45-37(32)47/h12,15,26-27,29,33-35,39,50-51H,2,5-11,13-14,16-25H2,1,3-4H3,(H,42,48)(H,43,52)(H,56,57)(H,58,59)(H2,41,44,45)(H2,53,54,55)/b15-12-/t29-,33-,34-,35+,39-/m1/s1. The number of nitrogens with two attached hydrogens (primary N) is 1. The first-order chi connectivity index (χ1) is 31.9. The van der Waals surface area contributed by atoms with Crippen molar-refractivity contribution in [2.75, 3.05) is 37.8 Å². The Morgan fingerprint density at radius 2 is 1.62 bits per heavy atom. The topological polar surface area (TPSA) is 364 Å². The molecule has 1 saturated heterocycles. The second kappa shape index (κ2) is 28.8. The predicted octanol–water partition coefficient (Wildman–Crippen LogP) is 4.87. The fourth-order valence-electron chi connectivity index (χ4n) is 6.70. The number of hydrogen-bond acceptors (Lipinski definition) is 18. The van der Waals surface area contributed by atoms with E-state index in [2.05, 4.69) is 60.1 Å². The van der Waals surface area contributed by atoms with E-state index < -0.39 is 84.6 Å². The number of unbranched alkanes of at least 4 members (excludes halogenated alkanes) is 8. The van der Waals surface area contributed by atoms with E-state index in [9.17, 15) is 57.9 Å². The lowest BCUT2D eigenvalue weighted by atomic mass is 9.87. The molecule has 0 spiro atoms. The third-order valence-electron chi connectivity index (χ3n) is 10.5. The van der Waals surface area contributed by atoms with Gasteiger partial charge in [0.15, 0.2) is 22.8 Å². The molecule has 0 aliphatic carbocycles. The molecule has 3 heterocycles. The Balaban J connectivity index is 1.30. The molecule has 0 radical (unpaired) electrons. The van der Waals surface area contributed by atoms with Crippen LogP contribution < -0.4 is 16.4 Å². The van der Waals surface area contributed by atoms with Crippen molar-refractivity contribution >= 4 is 69.1 Å². The number of imidazole rings is 1. The third-order valence-corrected chi connectivity index (χ3v) is 14.5. The van der Waals surface area contributed by atoms with Gasteiger partial charge in [0.25, 0.3) is 0 Å². The lowest BCUT2D eigenvalue weighted by Gasteiger charge is -2.30. The van der Waals surface area contributed by atoms with Crippen LogP contribution in [0.3, 0.4) is 0 Å². The van der Waals surface area contributed by atoms with Crippen LogP contribution in [0.5, 0.6) is 0 Å². The van der Waals surface area contributed by atoms with Crippen LogP contribution in [0, 0.1) is 5.41 Å². The number of nitrogens with one attached hydrogen (secondary N) is 2.